The molecule has 0 aliphatic carbocycles. The van der Waals surface area contributed by atoms with E-state index in [0.717, 1.165) is 41.8 Å². The van der Waals surface area contributed by atoms with Crippen molar-refractivity contribution < 1.29 is 18.3 Å². The maximum absolute atomic E-state index is 13.4. The highest BCUT2D eigenvalue weighted by Gasteiger charge is 2.20. The molecule has 210 valence electrons. The molecule has 1 N–H and O–H groups in total. The van der Waals surface area contributed by atoms with Gasteiger partial charge in [0.15, 0.2) is 0 Å². The molecule has 5 rings (SSSR count). The lowest BCUT2D eigenvalue weighted by atomic mass is 9.98. The molecule has 0 spiro atoms. The van der Waals surface area contributed by atoms with Gasteiger partial charge in [0.25, 0.3) is 12.3 Å². The number of nitrogens with zero attached hydrogens (tertiary/aromatic N) is 6. The Kier molecular flexibility index (Phi) is 8.04. The van der Waals surface area contributed by atoms with Gasteiger partial charge in [-0.1, -0.05) is 24.3 Å². The molecular formula is C29H33F2N7O2. The van der Waals surface area contributed by atoms with Crippen LogP contribution in [0.4, 0.5) is 8.78 Å². The van der Waals surface area contributed by atoms with Gasteiger partial charge in [-0.15, -0.1) is 5.10 Å². The number of carbonyl (C=O) groups is 1. The Morgan fingerprint density at radius 1 is 1.15 bits per heavy atom. The summed E-state index contributed by atoms with van der Waals surface area (Å²) < 4.78 is 34.6. The van der Waals surface area contributed by atoms with Crippen molar-refractivity contribution in [3.63, 3.8) is 0 Å². The van der Waals surface area contributed by atoms with Crippen LogP contribution in [0.5, 0.6) is 0 Å². The number of aromatic nitrogens is 5. The van der Waals surface area contributed by atoms with E-state index in [1.165, 1.54) is 22.1 Å². The number of nitrogens with one attached hydrogen (secondary N) is 1. The zero-order valence-electron chi connectivity index (χ0n) is 23.1. The van der Waals surface area contributed by atoms with Gasteiger partial charge in [0.2, 0.25) is 5.82 Å². The Labute approximate surface area is 231 Å². The summed E-state index contributed by atoms with van der Waals surface area (Å²) in [5, 5.41) is 11.5. The Morgan fingerprint density at radius 3 is 2.73 bits per heavy atom. The van der Waals surface area contributed by atoms with E-state index in [4.69, 9.17) is 4.74 Å². The molecule has 2 aromatic carbocycles. The zero-order valence-corrected chi connectivity index (χ0v) is 23.1. The number of hydrogen-bond acceptors (Lipinski definition) is 6. The number of rotatable bonds is 9. The summed E-state index contributed by atoms with van der Waals surface area (Å²) in [5.74, 6) is -0.847. The van der Waals surface area contributed by atoms with Gasteiger partial charge < -0.3 is 15.0 Å². The predicted molar refractivity (Wildman–Crippen MR) is 145 cm³/mol. The van der Waals surface area contributed by atoms with E-state index in [1.54, 1.807) is 24.1 Å². The van der Waals surface area contributed by atoms with E-state index >= 15 is 0 Å². The van der Waals surface area contributed by atoms with Gasteiger partial charge in [0.1, 0.15) is 12.0 Å². The van der Waals surface area contributed by atoms with Crippen LogP contribution < -0.4 is 5.32 Å². The van der Waals surface area contributed by atoms with Crippen LogP contribution in [0.3, 0.4) is 0 Å². The first kappa shape index (κ1) is 27.6. The first-order valence-electron chi connectivity index (χ1n) is 13.1. The number of aryl methyl sites for hydroxylation is 1. The molecule has 1 amide bonds. The average Bonchev–Trinajstić information content (AvgIpc) is 3.57. The summed E-state index contributed by atoms with van der Waals surface area (Å²) in [7, 11) is 3.69. The summed E-state index contributed by atoms with van der Waals surface area (Å²) >= 11 is 0. The Morgan fingerprint density at radius 2 is 1.98 bits per heavy atom. The average molecular weight is 550 g/mol. The summed E-state index contributed by atoms with van der Waals surface area (Å²) in [6, 6.07) is 10.2. The van der Waals surface area contributed by atoms with Crippen molar-refractivity contribution in [3.05, 3.63) is 93.3 Å². The minimum atomic E-state index is -2.77. The molecule has 0 bridgehead atoms. The third-order valence-electron chi connectivity index (χ3n) is 7.40. The minimum absolute atomic E-state index is 0.168. The van der Waals surface area contributed by atoms with Gasteiger partial charge in [0, 0.05) is 38.5 Å². The quantitative estimate of drug-likeness (QED) is 0.338. The van der Waals surface area contributed by atoms with E-state index in [0.29, 0.717) is 23.5 Å². The summed E-state index contributed by atoms with van der Waals surface area (Å²) in [4.78, 5) is 19.4. The van der Waals surface area contributed by atoms with Crippen LogP contribution in [0.25, 0.3) is 5.69 Å². The molecule has 1 aliphatic rings. The van der Waals surface area contributed by atoms with Crippen LogP contribution in [0.2, 0.25) is 0 Å². The SMILES string of the molecule is COCc1nn(Cc2ccc3c(c2)CN(C)CC3)cc1C(=O)NCc1c(-n2cnc(C(F)F)n2)ccc(C)c1C. The molecule has 0 fully saturated rings. The minimum Gasteiger partial charge on any atom is -0.378 e. The third kappa shape index (κ3) is 5.80. The van der Waals surface area contributed by atoms with E-state index in [9.17, 15) is 13.6 Å². The smallest absolute Gasteiger partial charge is 0.299 e. The lowest BCUT2D eigenvalue weighted by Gasteiger charge is -2.25. The Hall–Kier alpha value is -3.96. The maximum atomic E-state index is 13.4. The van der Waals surface area contributed by atoms with Crippen molar-refractivity contribution in [2.45, 2.75) is 52.9 Å². The van der Waals surface area contributed by atoms with Crippen LogP contribution in [-0.2, 0) is 37.4 Å². The molecule has 0 saturated heterocycles. The molecule has 2 aromatic heterocycles. The molecule has 11 heteroatoms. The van der Waals surface area contributed by atoms with Gasteiger partial charge in [-0.05, 0) is 61.2 Å². The van der Waals surface area contributed by atoms with Gasteiger partial charge in [-0.2, -0.15) is 5.10 Å². The zero-order chi connectivity index (χ0) is 28.4. The predicted octanol–water partition coefficient (Wildman–Crippen LogP) is 4.13. The van der Waals surface area contributed by atoms with Crippen molar-refractivity contribution in [3.8, 4) is 5.69 Å². The van der Waals surface area contributed by atoms with E-state index in [1.807, 2.05) is 19.9 Å². The number of benzene rings is 2. The summed E-state index contributed by atoms with van der Waals surface area (Å²) in [5.41, 5.74) is 8.05. The number of hydrogen-bond donors (Lipinski definition) is 1. The summed E-state index contributed by atoms with van der Waals surface area (Å²) in [6.45, 7) is 6.75. The van der Waals surface area contributed by atoms with Gasteiger partial charge in [-0.3, -0.25) is 9.48 Å². The number of carbonyl (C=O) groups excluding carboxylic acids is 1. The molecule has 0 atom stereocenters. The van der Waals surface area contributed by atoms with Crippen LogP contribution in [-0.4, -0.2) is 56.1 Å². The van der Waals surface area contributed by atoms with Gasteiger partial charge >= 0.3 is 0 Å². The first-order valence-corrected chi connectivity index (χ1v) is 13.1. The molecule has 40 heavy (non-hydrogen) atoms. The van der Waals surface area contributed by atoms with Crippen molar-refractivity contribution in [1.82, 2.24) is 34.8 Å². The molecule has 9 nitrogen and oxygen atoms in total. The second-order valence-corrected chi connectivity index (χ2v) is 10.2. The van der Waals surface area contributed by atoms with Crippen molar-refractivity contribution in [2.75, 3.05) is 20.7 Å². The van der Waals surface area contributed by atoms with E-state index < -0.39 is 12.2 Å². The summed E-state index contributed by atoms with van der Waals surface area (Å²) in [6.07, 6.45) is 1.28. The number of amides is 1. The maximum Gasteiger partial charge on any atom is 0.299 e. The van der Waals surface area contributed by atoms with E-state index in [2.05, 4.69) is 50.6 Å². The highest BCUT2D eigenvalue weighted by atomic mass is 19.3. The fraction of sp³-hybridized carbons (Fsp3) is 0.379. The number of fused-ring (bicyclic) bond motifs is 1. The number of methoxy groups -OCH3 is 1. The first-order chi connectivity index (χ1) is 19.2. The lowest BCUT2D eigenvalue weighted by molar-refractivity contribution is 0.0945. The number of likely N-dealkylation sites (N-methyl/N-ethyl adjacent to an activating group) is 1. The van der Waals surface area contributed by atoms with Crippen molar-refractivity contribution in [2.24, 2.45) is 0 Å². The van der Waals surface area contributed by atoms with Crippen LogP contribution in [0, 0.1) is 13.8 Å². The van der Waals surface area contributed by atoms with Crippen LogP contribution in [0.1, 0.15) is 61.7 Å². The molecule has 0 radical (unpaired) electrons. The highest BCUT2D eigenvalue weighted by molar-refractivity contribution is 5.95. The molecule has 3 heterocycles. The fourth-order valence-electron chi connectivity index (χ4n) is 5.07. The second kappa shape index (κ2) is 11.6. The monoisotopic (exact) mass is 549 g/mol. The Balaban J connectivity index is 1.36. The van der Waals surface area contributed by atoms with E-state index in [-0.39, 0.29) is 19.1 Å². The fourth-order valence-corrected chi connectivity index (χ4v) is 5.07. The third-order valence-corrected chi connectivity index (χ3v) is 7.40. The van der Waals surface area contributed by atoms with Crippen LogP contribution in [0.15, 0.2) is 42.9 Å². The van der Waals surface area contributed by atoms with Crippen molar-refractivity contribution >= 4 is 5.91 Å². The van der Waals surface area contributed by atoms with Crippen LogP contribution >= 0.6 is 0 Å². The molecular weight excluding hydrogens is 516 g/mol. The standard InChI is InChI=1S/C29H33F2N7O2/c1-18-5-8-26(38-17-33-28(35-38)27(30)31)23(19(18)2)12-32-29(39)24-15-37(34-25(24)16-40-4)13-20-6-7-21-9-10-36(3)14-22(21)11-20/h5-8,11,15,17,27H,9-10,12-14,16H2,1-4H3,(H,32,39). The molecule has 4 aromatic rings. The normalized spacial score (nSPS) is 13.6. The Bertz CT molecular complexity index is 1530. The number of alkyl halides is 2. The lowest BCUT2D eigenvalue weighted by Crippen LogP contribution is -2.26. The number of ether oxygens (including phenoxy) is 1. The van der Waals surface area contributed by atoms with Gasteiger partial charge in [0.05, 0.1) is 24.4 Å². The van der Waals surface area contributed by atoms with Crippen molar-refractivity contribution in [1.29, 1.82) is 0 Å². The number of halogens is 2. The van der Waals surface area contributed by atoms with Gasteiger partial charge in [-0.25, -0.2) is 18.4 Å². The largest absolute Gasteiger partial charge is 0.378 e. The highest BCUT2D eigenvalue weighted by Crippen LogP contribution is 2.24. The topological polar surface area (TPSA) is 90.1 Å². The molecule has 1 aliphatic heterocycles. The second-order valence-electron chi connectivity index (χ2n) is 10.2. The molecule has 0 unspecified atom stereocenters. The molecule has 0 saturated carbocycles.